The minimum atomic E-state index is 0.899. The fraction of sp³-hybridized carbons (Fsp3) is 0. The zero-order chi connectivity index (χ0) is 44.3. The molecule has 314 valence electrons. The number of rotatable bonds is 8. The summed E-state index contributed by atoms with van der Waals surface area (Å²) >= 11 is 0. The van der Waals surface area contributed by atoms with Crippen molar-refractivity contribution in [2.24, 2.45) is 0 Å². The number of para-hydroxylation sites is 6. The summed E-state index contributed by atoms with van der Waals surface area (Å²) in [6.45, 7) is 0. The Labute approximate surface area is 388 Å². The van der Waals surface area contributed by atoms with Crippen molar-refractivity contribution < 1.29 is 4.42 Å². The molecule has 0 aliphatic heterocycles. The lowest BCUT2D eigenvalue weighted by molar-refractivity contribution is 0.670. The summed E-state index contributed by atoms with van der Waals surface area (Å²) in [5.74, 6) is 0. The average molecular weight is 855 g/mol. The second-order valence-electron chi connectivity index (χ2n) is 17.3. The van der Waals surface area contributed by atoms with Crippen LogP contribution in [0.1, 0.15) is 0 Å². The first-order valence-electron chi connectivity index (χ1n) is 22.9. The Morgan fingerprint density at radius 3 is 1.70 bits per heavy atom. The number of benzene rings is 11. The van der Waals surface area contributed by atoms with Gasteiger partial charge in [-0.15, -0.1) is 0 Å². The molecule has 67 heavy (non-hydrogen) atoms. The lowest BCUT2D eigenvalue weighted by atomic mass is 9.96. The van der Waals surface area contributed by atoms with E-state index in [4.69, 9.17) is 4.42 Å². The van der Waals surface area contributed by atoms with Crippen molar-refractivity contribution in [1.82, 2.24) is 4.57 Å². The zero-order valence-electron chi connectivity index (χ0n) is 36.6. The average Bonchev–Trinajstić information content (AvgIpc) is 3.95. The van der Waals surface area contributed by atoms with Crippen molar-refractivity contribution in [3.8, 4) is 50.2 Å². The van der Waals surface area contributed by atoms with Crippen LogP contribution in [0, 0.1) is 0 Å². The maximum absolute atomic E-state index is 6.49. The van der Waals surface area contributed by atoms with E-state index in [0.717, 1.165) is 78.1 Å². The maximum atomic E-state index is 6.49. The Kier molecular flexibility index (Phi) is 9.17. The second kappa shape index (κ2) is 16.0. The van der Waals surface area contributed by atoms with E-state index in [9.17, 15) is 0 Å². The van der Waals surface area contributed by atoms with E-state index in [1.165, 1.54) is 43.7 Å². The minimum absolute atomic E-state index is 0.899. The molecule has 13 rings (SSSR count). The van der Waals surface area contributed by atoms with E-state index in [-0.39, 0.29) is 0 Å². The third-order valence-corrected chi connectivity index (χ3v) is 13.4. The monoisotopic (exact) mass is 854 g/mol. The minimum Gasteiger partial charge on any atom is -0.455 e. The van der Waals surface area contributed by atoms with Crippen LogP contribution in [0.3, 0.4) is 0 Å². The molecule has 2 aromatic heterocycles. The molecule has 3 nitrogen and oxygen atoms in total. The van der Waals surface area contributed by atoms with Crippen molar-refractivity contribution in [3.63, 3.8) is 0 Å². The molecule has 0 N–H and O–H groups in total. The van der Waals surface area contributed by atoms with Gasteiger partial charge in [-0.1, -0.05) is 188 Å². The highest BCUT2D eigenvalue weighted by atomic mass is 16.3. The Morgan fingerprint density at radius 1 is 0.313 bits per heavy atom. The summed E-state index contributed by atoms with van der Waals surface area (Å²) < 4.78 is 8.91. The predicted octanol–water partition coefficient (Wildman–Crippen LogP) is 18.0. The molecule has 2 heterocycles. The molecule has 0 saturated carbocycles. The standard InChI is InChI=1S/C64H42N2O/c1-2-17-45-40-49(35-34-43(45)16-1)53-23-3-8-29-59(53)65(50-38-36-44(37-39-50)54-27-15-28-58-57-26-7-12-33-63(57)67-64(54)58)51-21-14-19-47(42-51)46-18-13-20-48(41-46)52-22-4-9-30-60(52)66-61-31-10-5-24-55(61)56-25-6-11-32-62(56)66/h1-42H. The van der Waals surface area contributed by atoms with Crippen molar-refractivity contribution in [3.05, 3.63) is 255 Å². The predicted molar refractivity (Wildman–Crippen MR) is 282 cm³/mol. The zero-order valence-corrected chi connectivity index (χ0v) is 36.6. The van der Waals surface area contributed by atoms with Crippen LogP contribution in [-0.4, -0.2) is 4.57 Å². The molecule has 0 saturated heterocycles. The first-order valence-corrected chi connectivity index (χ1v) is 22.9. The van der Waals surface area contributed by atoms with Gasteiger partial charge in [0.2, 0.25) is 0 Å². The molecular weight excluding hydrogens is 813 g/mol. The lowest BCUT2D eigenvalue weighted by Crippen LogP contribution is -2.11. The summed E-state index contributed by atoms with van der Waals surface area (Å²) in [5.41, 5.74) is 17.7. The SMILES string of the molecule is c1cc(-c2cccc(N(c3ccc(-c4cccc5c4oc4ccccc45)cc3)c3ccccc3-c3ccc4ccccc4c3)c2)cc(-c2ccccc2-n2c3ccccc3c3ccccc32)c1. The fourth-order valence-corrected chi connectivity index (χ4v) is 10.2. The molecule has 0 aliphatic rings. The van der Waals surface area contributed by atoms with Gasteiger partial charge in [0.25, 0.3) is 0 Å². The topological polar surface area (TPSA) is 21.3 Å². The maximum Gasteiger partial charge on any atom is 0.143 e. The van der Waals surface area contributed by atoms with Crippen LogP contribution < -0.4 is 4.90 Å². The number of hydrogen-bond acceptors (Lipinski definition) is 2. The van der Waals surface area contributed by atoms with Gasteiger partial charge < -0.3 is 13.9 Å². The molecule has 0 spiro atoms. The smallest absolute Gasteiger partial charge is 0.143 e. The Balaban J connectivity index is 0.939. The van der Waals surface area contributed by atoms with E-state index < -0.39 is 0 Å². The molecule has 0 aliphatic carbocycles. The number of fused-ring (bicyclic) bond motifs is 7. The van der Waals surface area contributed by atoms with Crippen LogP contribution in [0.4, 0.5) is 17.1 Å². The summed E-state index contributed by atoms with van der Waals surface area (Å²) in [6.07, 6.45) is 0. The largest absolute Gasteiger partial charge is 0.455 e. The third-order valence-electron chi connectivity index (χ3n) is 13.4. The lowest BCUT2D eigenvalue weighted by Gasteiger charge is -2.28. The first-order chi connectivity index (χ1) is 33.2. The summed E-state index contributed by atoms with van der Waals surface area (Å²) in [6, 6.07) is 92.0. The normalized spacial score (nSPS) is 11.6. The summed E-state index contributed by atoms with van der Waals surface area (Å²) in [4.78, 5) is 2.40. The number of anilines is 3. The van der Waals surface area contributed by atoms with Crippen LogP contribution in [0.2, 0.25) is 0 Å². The number of furan rings is 1. The van der Waals surface area contributed by atoms with Gasteiger partial charge in [-0.2, -0.15) is 0 Å². The van der Waals surface area contributed by atoms with Gasteiger partial charge in [0.05, 0.1) is 22.4 Å². The summed E-state index contributed by atoms with van der Waals surface area (Å²) in [5, 5.41) is 7.20. The van der Waals surface area contributed by atoms with Crippen LogP contribution in [0.25, 0.3) is 105 Å². The van der Waals surface area contributed by atoms with E-state index in [2.05, 4.69) is 252 Å². The van der Waals surface area contributed by atoms with E-state index >= 15 is 0 Å². The molecular formula is C64H42N2O. The Bertz CT molecular complexity index is 3950. The van der Waals surface area contributed by atoms with Gasteiger partial charge in [-0.3, -0.25) is 0 Å². The fourth-order valence-electron chi connectivity index (χ4n) is 10.2. The van der Waals surface area contributed by atoms with Crippen molar-refractivity contribution >= 4 is 71.6 Å². The van der Waals surface area contributed by atoms with Gasteiger partial charge in [0, 0.05) is 49.6 Å². The van der Waals surface area contributed by atoms with E-state index in [0.29, 0.717) is 0 Å². The van der Waals surface area contributed by atoms with E-state index in [1.807, 2.05) is 12.1 Å². The van der Waals surface area contributed by atoms with E-state index in [1.54, 1.807) is 0 Å². The molecule has 13 aromatic rings. The molecule has 0 radical (unpaired) electrons. The van der Waals surface area contributed by atoms with Crippen LogP contribution in [0.15, 0.2) is 259 Å². The highest BCUT2D eigenvalue weighted by Crippen LogP contribution is 2.44. The van der Waals surface area contributed by atoms with Crippen LogP contribution in [0.5, 0.6) is 0 Å². The first kappa shape index (κ1) is 38.5. The van der Waals surface area contributed by atoms with Crippen molar-refractivity contribution in [1.29, 1.82) is 0 Å². The molecule has 0 amide bonds. The summed E-state index contributed by atoms with van der Waals surface area (Å²) in [7, 11) is 0. The second-order valence-corrected chi connectivity index (χ2v) is 17.3. The number of hydrogen-bond donors (Lipinski definition) is 0. The van der Waals surface area contributed by atoms with Gasteiger partial charge >= 0.3 is 0 Å². The quantitative estimate of drug-likeness (QED) is 0.152. The molecule has 0 fully saturated rings. The van der Waals surface area contributed by atoms with Gasteiger partial charge in [0.1, 0.15) is 11.2 Å². The van der Waals surface area contributed by atoms with Crippen LogP contribution in [-0.2, 0) is 0 Å². The van der Waals surface area contributed by atoms with Crippen LogP contribution >= 0.6 is 0 Å². The molecule has 0 bridgehead atoms. The third kappa shape index (κ3) is 6.59. The molecule has 0 unspecified atom stereocenters. The van der Waals surface area contributed by atoms with Crippen molar-refractivity contribution in [2.75, 3.05) is 4.90 Å². The van der Waals surface area contributed by atoms with Crippen molar-refractivity contribution in [2.45, 2.75) is 0 Å². The number of nitrogens with zero attached hydrogens (tertiary/aromatic N) is 2. The highest BCUT2D eigenvalue weighted by molar-refractivity contribution is 6.11. The highest BCUT2D eigenvalue weighted by Gasteiger charge is 2.20. The number of aromatic nitrogens is 1. The Morgan fingerprint density at radius 2 is 0.881 bits per heavy atom. The molecule has 11 aromatic carbocycles. The van der Waals surface area contributed by atoms with Gasteiger partial charge in [0.15, 0.2) is 0 Å². The van der Waals surface area contributed by atoms with Gasteiger partial charge in [-0.05, 0) is 105 Å². The molecule has 3 heteroatoms. The molecule has 0 atom stereocenters. The Hall–Kier alpha value is -8.92. The van der Waals surface area contributed by atoms with Gasteiger partial charge in [-0.25, -0.2) is 0 Å².